The number of aromatic nitrogens is 2. The van der Waals surface area contributed by atoms with Crippen LogP contribution in [-0.4, -0.2) is 34.9 Å². The molecule has 0 unspecified atom stereocenters. The molecule has 0 spiro atoms. The number of aryl methyl sites for hydroxylation is 1. The van der Waals surface area contributed by atoms with Crippen molar-refractivity contribution in [3.63, 3.8) is 0 Å². The number of rotatable bonds is 9. The van der Waals surface area contributed by atoms with Gasteiger partial charge >= 0.3 is 5.97 Å². The molecule has 3 rings (SSSR count). The van der Waals surface area contributed by atoms with E-state index in [0.717, 1.165) is 5.56 Å². The molecular formula is C24H27N3O5. The number of benzene rings is 2. The number of carbonyl (C=O) groups is 2. The summed E-state index contributed by atoms with van der Waals surface area (Å²) in [5, 5.41) is 7.62. The molecule has 32 heavy (non-hydrogen) atoms. The number of methoxy groups -OCH3 is 1. The third-order valence-corrected chi connectivity index (χ3v) is 4.90. The lowest BCUT2D eigenvalue weighted by atomic mass is 10.0. The van der Waals surface area contributed by atoms with Crippen molar-refractivity contribution in [3.05, 3.63) is 70.5 Å². The molecule has 1 heterocycles. The van der Waals surface area contributed by atoms with E-state index in [4.69, 9.17) is 9.47 Å². The fourth-order valence-electron chi connectivity index (χ4n) is 3.38. The molecule has 1 atom stereocenters. The molecule has 2 aromatic carbocycles. The SMILES string of the molecule is COc1ccc([C@@H](CC(=O)OC(C)C)NC(=O)CCn2ncc(=O)c3ccccc32)cc1. The Labute approximate surface area is 186 Å². The number of hydrogen-bond acceptors (Lipinski definition) is 6. The number of para-hydroxylation sites is 1. The van der Waals surface area contributed by atoms with Gasteiger partial charge in [-0.05, 0) is 43.7 Å². The molecule has 0 bridgehead atoms. The van der Waals surface area contributed by atoms with E-state index < -0.39 is 12.0 Å². The molecule has 0 aliphatic rings. The van der Waals surface area contributed by atoms with Crippen molar-refractivity contribution in [2.45, 2.75) is 45.4 Å². The summed E-state index contributed by atoms with van der Waals surface area (Å²) in [5.41, 5.74) is 1.27. The Kier molecular flexibility index (Phi) is 7.59. The fraction of sp³-hybridized carbons (Fsp3) is 0.333. The van der Waals surface area contributed by atoms with Gasteiger partial charge in [0, 0.05) is 11.8 Å². The summed E-state index contributed by atoms with van der Waals surface area (Å²) in [7, 11) is 1.57. The van der Waals surface area contributed by atoms with Crippen LogP contribution in [0.3, 0.4) is 0 Å². The Hall–Kier alpha value is -3.68. The van der Waals surface area contributed by atoms with E-state index in [1.165, 1.54) is 6.20 Å². The van der Waals surface area contributed by atoms with Crippen LogP contribution in [0.1, 0.15) is 38.3 Å². The average molecular weight is 437 g/mol. The zero-order valence-electron chi connectivity index (χ0n) is 18.4. The van der Waals surface area contributed by atoms with Crippen molar-refractivity contribution in [1.82, 2.24) is 15.1 Å². The molecule has 0 aliphatic carbocycles. The van der Waals surface area contributed by atoms with E-state index >= 15 is 0 Å². The lowest BCUT2D eigenvalue weighted by Crippen LogP contribution is -2.32. The van der Waals surface area contributed by atoms with Crippen LogP contribution in [0.4, 0.5) is 0 Å². The minimum atomic E-state index is -0.543. The van der Waals surface area contributed by atoms with Gasteiger partial charge < -0.3 is 14.8 Å². The Morgan fingerprint density at radius 2 is 1.81 bits per heavy atom. The summed E-state index contributed by atoms with van der Waals surface area (Å²) in [6.45, 7) is 3.85. The van der Waals surface area contributed by atoms with Crippen LogP contribution in [0.25, 0.3) is 10.9 Å². The number of esters is 1. The zero-order chi connectivity index (χ0) is 23.1. The third-order valence-electron chi connectivity index (χ3n) is 4.90. The van der Waals surface area contributed by atoms with Gasteiger partial charge in [0.1, 0.15) is 5.75 Å². The number of ether oxygens (including phenoxy) is 2. The van der Waals surface area contributed by atoms with Crippen LogP contribution in [0, 0.1) is 0 Å². The normalized spacial score (nSPS) is 11.9. The highest BCUT2D eigenvalue weighted by Crippen LogP contribution is 2.21. The summed E-state index contributed by atoms with van der Waals surface area (Å²) in [4.78, 5) is 37.0. The van der Waals surface area contributed by atoms with Gasteiger partial charge in [-0.2, -0.15) is 5.10 Å². The molecule has 1 amide bonds. The highest BCUT2D eigenvalue weighted by atomic mass is 16.5. The second kappa shape index (κ2) is 10.6. The van der Waals surface area contributed by atoms with E-state index in [-0.39, 0.29) is 30.3 Å². The second-order valence-electron chi connectivity index (χ2n) is 7.64. The van der Waals surface area contributed by atoms with Gasteiger partial charge in [0.15, 0.2) is 0 Å². The molecule has 3 aromatic rings. The van der Waals surface area contributed by atoms with Crippen molar-refractivity contribution in [3.8, 4) is 5.75 Å². The predicted octanol–water partition coefficient (Wildman–Crippen LogP) is 2.99. The molecule has 8 heteroatoms. The van der Waals surface area contributed by atoms with Gasteiger partial charge in [-0.1, -0.05) is 24.3 Å². The smallest absolute Gasteiger partial charge is 0.308 e. The monoisotopic (exact) mass is 437 g/mol. The zero-order valence-corrected chi connectivity index (χ0v) is 18.4. The lowest BCUT2D eigenvalue weighted by molar-refractivity contribution is -0.148. The highest BCUT2D eigenvalue weighted by molar-refractivity contribution is 5.80. The van der Waals surface area contributed by atoms with Gasteiger partial charge in [0.25, 0.3) is 0 Å². The van der Waals surface area contributed by atoms with Gasteiger partial charge in [-0.15, -0.1) is 0 Å². The lowest BCUT2D eigenvalue weighted by Gasteiger charge is -2.20. The van der Waals surface area contributed by atoms with Crippen molar-refractivity contribution < 1.29 is 19.1 Å². The van der Waals surface area contributed by atoms with Crippen molar-refractivity contribution in [2.24, 2.45) is 0 Å². The van der Waals surface area contributed by atoms with Gasteiger partial charge in [-0.25, -0.2) is 0 Å². The van der Waals surface area contributed by atoms with Crippen LogP contribution in [0.15, 0.2) is 59.5 Å². The molecule has 0 radical (unpaired) electrons. The maximum atomic E-state index is 12.7. The Morgan fingerprint density at radius 3 is 2.50 bits per heavy atom. The summed E-state index contributed by atoms with van der Waals surface area (Å²) >= 11 is 0. The first kappa shape index (κ1) is 23.0. The van der Waals surface area contributed by atoms with Crippen LogP contribution >= 0.6 is 0 Å². The molecule has 0 aliphatic heterocycles. The first-order valence-electron chi connectivity index (χ1n) is 10.4. The van der Waals surface area contributed by atoms with E-state index in [9.17, 15) is 14.4 Å². The van der Waals surface area contributed by atoms with Crippen molar-refractivity contribution >= 4 is 22.8 Å². The summed E-state index contributed by atoms with van der Waals surface area (Å²) in [5.74, 6) is 0.0432. The number of fused-ring (bicyclic) bond motifs is 1. The minimum absolute atomic E-state index is 0.00938. The number of nitrogens with one attached hydrogen (secondary N) is 1. The molecular weight excluding hydrogens is 410 g/mol. The maximum Gasteiger partial charge on any atom is 0.308 e. The molecule has 0 saturated carbocycles. The first-order valence-corrected chi connectivity index (χ1v) is 10.4. The van der Waals surface area contributed by atoms with Gasteiger partial charge in [-0.3, -0.25) is 19.1 Å². The van der Waals surface area contributed by atoms with Crippen LogP contribution in [-0.2, 0) is 20.9 Å². The largest absolute Gasteiger partial charge is 0.497 e. The minimum Gasteiger partial charge on any atom is -0.497 e. The molecule has 1 aromatic heterocycles. The van der Waals surface area contributed by atoms with E-state index in [1.807, 2.05) is 18.2 Å². The number of nitrogens with zero attached hydrogens (tertiary/aromatic N) is 2. The number of carbonyl (C=O) groups excluding carboxylic acids is 2. The Balaban J connectivity index is 1.72. The third kappa shape index (κ3) is 5.94. The summed E-state index contributed by atoms with van der Waals surface area (Å²) in [6, 6.07) is 13.8. The van der Waals surface area contributed by atoms with E-state index in [0.29, 0.717) is 23.2 Å². The maximum absolute atomic E-state index is 12.7. The van der Waals surface area contributed by atoms with Crippen LogP contribution in [0.2, 0.25) is 0 Å². The summed E-state index contributed by atoms with van der Waals surface area (Å²) < 4.78 is 12.1. The molecule has 0 fully saturated rings. The average Bonchev–Trinajstić information content (AvgIpc) is 2.78. The Bertz CT molecular complexity index is 1140. The predicted molar refractivity (Wildman–Crippen MR) is 120 cm³/mol. The van der Waals surface area contributed by atoms with Crippen LogP contribution in [0.5, 0.6) is 5.75 Å². The number of amides is 1. The van der Waals surface area contributed by atoms with Gasteiger partial charge in [0.05, 0.1) is 43.9 Å². The quantitative estimate of drug-likeness (QED) is 0.517. The standard InChI is InChI=1S/C24H27N3O5/c1-16(2)32-24(30)14-20(17-8-10-18(31-3)11-9-17)26-23(29)12-13-27-21-7-5-4-6-19(21)22(28)15-25-27/h4-11,15-16,20H,12-14H2,1-3H3,(H,26,29)/t20-/m1/s1. The van der Waals surface area contributed by atoms with Crippen molar-refractivity contribution in [2.75, 3.05) is 7.11 Å². The fourth-order valence-corrected chi connectivity index (χ4v) is 3.38. The van der Waals surface area contributed by atoms with Crippen molar-refractivity contribution in [1.29, 1.82) is 0 Å². The molecule has 1 N–H and O–H groups in total. The van der Waals surface area contributed by atoms with Crippen LogP contribution < -0.4 is 15.5 Å². The summed E-state index contributed by atoms with van der Waals surface area (Å²) in [6.07, 6.45) is 1.15. The molecule has 168 valence electrons. The van der Waals surface area contributed by atoms with E-state index in [2.05, 4.69) is 10.4 Å². The molecule has 8 nitrogen and oxygen atoms in total. The van der Waals surface area contributed by atoms with E-state index in [1.54, 1.807) is 56.0 Å². The molecule has 0 saturated heterocycles. The number of hydrogen-bond donors (Lipinski definition) is 1. The van der Waals surface area contributed by atoms with Gasteiger partial charge in [0.2, 0.25) is 11.3 Å². The second-order valence-corrected chi connectivity index (χ2v) is 7.64. The Morgan fingerprint density at radius 1 is 1.09 bits per heavy atom. The topological polar surface area (TPSA) is 99.5 Å². The highest BCUT2D eigenvalue weighted by Gasteiger charge is 2.20. The first-order chi connectivity index (χ1) is 15.4.